The summed E-state index contributed by atoms with van der Waals surface area (Å²) >= 11 is 0. The summed E-state index contributed by atoms with van der Waals surface area (Å²) in [6, 6.07) is 1.33. The largest absolute Gasteiger partial charge is 0.378 e. The molecule has 18 heavy (non-hydrogen) atoms. The minimum atomic E-state index is 0.478. The van der Waals surface area contributed by atoms with Gasteiger partial charge in [-0.05, 0) is 44.6 Å². The first-order valence-electron chi connectivity index (χ1n) is 7.85. The van der Waals surface area contributed by atoms with Crippen molar-refractivity contribution < 1.29 is 4.74 Å². The molecule has 2 aliphatic rings. The van der Waals surface area contributed by atoms with Gasteiger partial charge in [-0.25, -0.2) is 0 Å². The van der Waals surface area contributed by atoms with E-state index in [1.807, 2.05) is 0 Å². The Bertz CT molecular complexity index is 247. The topological polar surface area (TPSA) is 38.5 Å². The lowest BCUT2D eigenvalue weighted by atomic mass is 9.86. The van der Waals surface area contributed by atoms with Gasteiger partial charge in [0.2, 0.25) is 0 Å². The fourth-order valence-corrected chi connectivity index (χ4v) is 3.68. The molecular formula is C15H30N2O. The second-order valence-electron chi connectivity index (χ2n) is 6.01. The molecule has 4 unspecified atom stereocenters. The summed E-state index contributed by atoms with van der Waals surface area (Å²) in [5, 5.41) is 0. The number of ether oxygens (including phenoxy) is 1. The average Bonchev–Trinajstić information content (AvgIpc) is 2.46. The molecule has 0 amide bonds. The maximum absolute atomic E-state index is 6.01. The van der Waals surface area contributed by atoms with Gasteiger partial charge < -0.3 is 10.5 Å². The van der Waals surface area contributed by atoms with Crippen LogP contribution in [-0.4, -0.2) is 42.8 Å². The van der Waals surface area contributed by atoms with E-state index in [4.69, 9.17) is 10.5 Å². The molecule has 2 aliphatic heterocycles. The van der Waals surface area contributed by atoms with Gasteiger partial charge in [-0.3, -0.25) is 4.90 Å². The average molecular weight is 254 g/mol. The second kappa shape index (κ2) is 6.88. The van der Waals surface area contributed by atoms with Crippen molar-refractivity contribution in [1.82, 2.24) is 4.90 Å². The normalized spacial score (nSPS) is 38.8. The third-order valence-corrected chi connectivity index (χ3v) is 4.98. The molecule has 3 nitrogen and oxygen atoms in total. The Morgan fingerprint density at radius 3 is 2.67 bits per heavy atom. The standard InChI is InChI=1S/C15H30N2O/c1-3-12-5-7-17(14(9-12)11-16)13-6-8-18-15(4-2)10-13/h12-15H,3-11,16H2,1-2H3. The summed E-state index contributed by atoms with van der Waals surface area (Å²) in [7, 11) is 0. The predicted molar refractivity (Wildman–Crippen MR) is 75.6 cm³/mol. The van der Waals surface area contributed by atoms with E-state index in [0.717, 1.165) is 31.5 Å². The number of rotatable bonds is 4. The van der Waals surface area contributed by atoms with Crippen molar-refractivity contribution in [1.29, 1.82) is 0 Å². The zero-order valence-corrected chi connectivity index (χ0v) is 12.1. The van der Waals surface area contributed by atoms with Crippen LogP contribution in [0.4, 0.5) is 0 Å². The molecule has 0 saturated carbocycles. The van der Waals surface area contributed by atoms with Crippen LogP contribution in [0.5, 0.6) is 0 Å². The lowest BCUT2D eigenvalue weighted by molar-refractivity contribution is -0.0479. The molecule has 106 valence electrons. The van der Waals surface area contributed by atoms with E-state index in [1.165, 1.54) is 38.6 Å². The quantitative estimate of drug-likeness (QED) is 0.837. The van der Waals surface area contributed by atoms with E-state index in [2.05, 4.69) is 18.7 Å². The third kappa shape index (κ3) is 3.25. The van der Waals surface area contributed by atoms with Crippen molar-refractivity contribution in [3.05, 3.63) is 0 Å². The first-order chi connectivity index (χ1) is 8.78. The summed E-state index contributed by atoms with van der Waals surface area (Å²) in [6.45, 7) is 7.56. The molecule has 2 saturated heterocycles. The van der Waals surface area contributed by atoms with E-state index in [9.17, 15) is 0 Å². The molecule has 2 heterocycles. The van der Waals surface area contributed by atoms with Crippen LogP contribution >= 0.6 is 0 Å². The summed E-state index contributed by atoms with van der Waals surface area (Å²) < 4.78 is 5.80. The van der Waals surface area contributed by atoms with E-state index in [0.29, 0.717) is 12.1 Å². The van der Waals surface area contributed by atoms with Gasteiger partial charge in [0.05, 0.1) is 6.10 Å². The minimum Gasteiger partial charge on any atom is -0.378 e. The Morgan fingerprint density at radius 2 is 2.00 bits per heavy atom. The van der Waals surface area contributed by atoms with Gasteiger partial charge >= 0.3 is 0 Å². The van der Waals surface area contributed by atoms with Crippen molar-refractivity contribution in [3.8, 4) is 0 Å². The number of piperidine rings is 1. The number of hydrogen-bond donors (Lipinski definition) is 1. The first-order valence-corrected chi connectivity index (χ1v) is 7.85. The van der Waals surface area contributed by atoms with Crippen LogP contribution in [0.15, 0.2) is 0 Å². The fraction of sp³-hybridized carbons (Fsp3) is 1.00. The Kier molecular flexibility index (Phi) is 5.46. The number of hydrogen-bond acceptors (Lipinski definition) is 3. The van der Waals surface area contributed by atoms with Gasteiger partial charge in [-0.15, -0.1) is 0 Å². The smallest absolute Gasteiger partial charge is 0.0587 e. The summed E-state index contributed by atoms with van der Waals surface area (Å²) in [4.78, 5) is 2.71. The van der Waals surface area contributed by atoms with Gasteiger partial charge in [-0.1, -0.05) is 20.3 Å². The molecule has 0 bridgehead atoms. The highest BCUT2D eigenvalue weighted by molar-refractivity contribution is 4.89. The van der Waals surface area contributed by atoms with Crippen molar-refractivity contribution in [2.75, 3.05) is 19.7 Å². The summed E-state index contributed by atoms with van der Waals surface area (Å²) in [5.41, 5.74) is 6.01. The molecule has 2 rings (SSSR count). The van der Waals surface area contributed by atoms with Gasteiger partial charge in [-0.2, -0.15) is 0 Å². The maximum Gasteiger partial charge on any atom is 0.0587 e. The van der Waals surface area contributed by atoms with E-state index in [1.54, 1.807) is 0 Å². The van der Waals surface area contributed by atoms with Gasteiger partial charge in [0.25, 0.3) is 0 Å². The first kappa shape index (κ1) is 14.3. The van der Waals surface area contributed by atoms with Crippen LogP contribution in [0.25, 0.3) is 0 Å². The highest BCUT2D eigenvalue weighted by atomic mass is 16.5. The molecule has 0 aromatic rings. The van der Waals surface area contributed by atoms with E-state index < -0.39 is 0 Å². The monoisotopic (exact) mass is 254 g/mol. The molecule has 2 N–H and O–H groups in total. The summed E-state index contributed by atoms with van der Waals surface area (Å²) in [6.07, 6.45) is 8.02. The molecule has 0 radical (unpaired) electrons. The van der Waals surface area contributed by atoms with Crippen LogP contribution < -0.4 is 5.73 Å². The van der Waals surface area contributed by atoms with Crippen LogP contribution in [-0.2, 0) is 4.74 Å². The van der Waals surface area contributed by atoms with Crippen LogP contribution in [0.3, 0.4) is 0 Å². The number of likely N-dealkylation sites (tertiary alicyclic amines) is 1. The SMILES string of the molecule is CCC1CCN(C2CCOC(CC)C2)C(CN)C1. The van der Waals surface area contributed by atoms with Crippen molar-refractivity contribution in [2.24, 2.45) is 11.7 Å². The Balaban J connectivity index is 1.94. The Hall–Kier alpha value is -0.120. The lowest BCUT2D eigenvalue weighted by Crippen LogP contribution is -2.53. The van der Waals surface area contributed by atoms with Crippen molar-refractivity contribution in [3.63, 3.8) is 0 Å². The second-order valence-corrected chi connectivity index (χ2v) is 6.01. The third-order valence-electron chi connectivity index (χ3n) is 4.98. The maximum atomic E-state index is 6.01. The van der Waals surface area contributed by atoms with Gasteiger partial charge in [0, 0.05) is 25.2 Å². The Morgan fingerprint density at radius 1 is 1.17 bits per heavy atom. The van der Waals surface area contributed by atoms with Crippen LogP contribution in [0.2, 0.25) is 0 Å². The van der Waals surface area contributed by atoms with E-state index in [-0.39, 0.29) is 0 Å². The van der Waals surface area contributed by atoms with Gasteiger partial charge in [0.1, 0.15) is 0 Å². The molecule has 0 aromatic heterocycles. The Labute approximate surface area is 112 Å². The molecule has 4 atom stereocenters. The molecule has 0 aromatic carbocycles. The highest BCUT2D eigenvalue weighted by Gasteiger charge is 2.34. The lowest BCUT2D eigenvalue weighted by Gasteiger charge is -2.46. The molecule has 2 fully saturated rings. The molecular weight excluding hydrogens is 224 g/mol. The molecule has 0 spiro atoms. The zero-order valence-electron chi connectivity index (χ0n) is 12.1. The number of nitrogens with zero attached hydrogens (tertiary/aromatic N) is 1. The number of nitrogens with two attached hydrogens (primary N) is 1. The van der Waals surface area contributed by atoms with Crippen molar-refractivity contribution in [2.45, 2.75) is 70.6 Å². The zero-order chi connectivity index (χ0) is 13.0. The minimum absolute atomic E-state index is 0.478. The summed E-state index contributed by atoms with van der Waals surface area (Å²) in [5.74, 6) is 0.900. The van der Waals surface area contributed by atoms with E-state index >= 15 is 0 Å². The van der Waals surface area contributed by atoms with Crippen molar-refractivity contribution >= 4 is 0 Å². The highest BCUT2D eigenvalue weighted by Crippen LogP contribution is 2.30. The molecule has 3 heteroatoms. The van der Waals surface area contributed by atoms with Crippen LogP contribution in [0, 0.1) is 5.92 Å². The predicted octanol–water partition coefficient (Wildman–Crippen LogP) is 2.39. The van der Waals surface area contributed by atoms with Crippen LogP contribution in [0.1, 0.15) is 52.4 Å². The fourth-order valence-electron chi connectivity index (χ4n) is 3.68. The molecule has 0 aliphatic carbocycles. The van der Waals surface area contributed by atoms with Gasteiger partial charge in [0.15, 0.2) is 0 Å².